The molecular formula is C42H24F4O4S. The van der Waals surface area contributed by atoms with Crippen LogP contribution in [0.2, 0.25) is 0 Å². The van der Waals surface area contributed by atoms with Gasteiger partial charge in [-0.25, -0.2) is 8.78 Å². The second-order valence-electron chi connectivity index (χ2n) is 12.1. The van der Waals surface area contributed by atoms with Gasteiger partial charge >= 0.3 is 10.1 Å². The van der Waals surface area contributed by atoms with Gasteiger partial charge in [-0.15, -0.1) is 0 Å². The van der Waals surface area contributed by atoms with E-state index in [-0.39, 0.29) is 5.75 Å². The predicted molar refractivity (Wildman–Crippen MR) is 191 cm³/mol. The Labute approximate surface area is 289 Å². The molecule has 0 radical (unpaired) electrons. The summed E-state index contributed by atoms with van der Waals surface area (Å²) >= 11 is 0. The molecule has 0 heterocycles. The fourth-order valence-electron chi connectivity index (χ4n) is 6.43. The predicted octanol–water partition coefficient (Wildman–Crippen LogP) is 11.7. The lowest BCUT2D eigenvalue weighted by Crippen LogP contribution is -2.11. The lowest BCUT2D eigenvalue weighted by Gasteiger charge is -2.20. The zero-order valence-electron chi connectivity index (χ0n) is 26.4. The van der Waals surface area contributed by atoms with E-state index in [0.29, 0.717) is 27.8 Å². The lowest BCUT2D eigenvalue weighted by molar-refractivity contribution is 0.347. The first-order valence-electron chi connectivity index (χ1n) is 15.7. The number of benzene rings is 8. The van der Waals surface area contributed by atoms with Gasteiger partial charge in [0.1, 0.15) is 5.75 Å². The molecule has 1 N–H and O–H groups in total. The molecule has 0 saturated carbocycles. The summed E-state index contributed by atoms with van der Waals surface area (Å²) < 4.78 is 100. The molecule has 8 rings (SSSR count). The van der Waals surface area contributed by atoms with Crippen molar-refractivity contribution in [3.63, 3.8) is 0 Å². The van der Waals surface area contributed by atoms with Gasteiger partial charge < -0.3 is 4.74 Å². The highest BCUT2D eigenvalue weighted by molar-refractivity contribution is 7.85. The maximum atomic E-state index is 15.6. The first-order valence-corrected chi connectivity index (χ1v) is 17.2. The van der Waals surface area contributed by atoms with Crippen molar-refractivity contribution < 1.29 is 35.3 Å². The molecule has 4 nitrogen and oxygen atoms in total. The molecule has 51 heavy (non-hydrogen) atoms. The summed E-state index contributed by atoms with van der Waals surface area (Å²) in [6.45, 7) is 0. The van der Waals surface area contributed by atoms with E-state index in [1.807, 2.05) is 115 Å². The average Bonchev–Trinajstić information content (AvgIpc) is 3.14. The monoisotopic (exact) mass is 700 g/mol. The van der Waals surface area contributed by atoms with Crippen LogP contribution in [0.3, 0.4) is 0 Å². The van der Waals surface area contributed by atoms with Gasteiger partial charge in [-0.1, -0.05) is 109 Å². The Morgan fingerprint density at radius 3 is 1.20 bits per heavy atom. The SMILES string of the molecule is O=S(=O)(O)c1c(F)c(F)c(Oc2c(-c3ccc4ccccc4c3)cc(-c3ccc4ccccc4c3)cc2-c2ccc3ccccc3c2)c(F)c1F. The summed E-state index contributed by atoms with van der Waals surface area (Å²) in [7, 11) is -5.68. The number of rotatable bonds is 6. The first-order chi connectivity index (χ1) is 24.6. The molecule has 8 aromatic rings. The van der Waals surface area contributed by atoms with E-state index in [0.717, 1.165) is 37.9 Å². The molecule has 0 atom stereocenters. The van der Waals surface area contributed by atoms with E-state index in [1.54, 1.807) is 24.3 Å². The zero-order valence-corrected chi connectivity index (χ0v) is 27.2. The normalized spacial score (nSPS) is 11.8. The number of hydrogen-bond acceptors (Lipinski definition) is 3. The number of hydrogen-bond donors (Lipinski definition) is 1. The van der Waals surface area contributed by atoms with Crippen LogP contribution in [0.1, 0.15) is 0 Å². The molecule has 0 aliphatic rings. The van der Waals surface area contributed by atoms with Crippen molar-refractivity contribution in [2.45, 2.75) is 4.90 Å². The minimum atomic E-state index is -5.68. The summed E-state index contributed by atoms with van der Waals surface area (Å²) in [6.07, 6.45) is 0. The molecule has 0 bridgehead atoms. The Hall–Kier alpha value is -6.03. The van der Waals surface area contributed by atoms with Crippen molar-refractivity contribution in [3.05, 3.63) is 163 Å². The van der Waals surface area contributed by atoms with Crippen molar-refractivity contribution in [2.24, 2.45) is 0 Å². The molecule has 0 saturated heterocycles. The Kier molecular flexibility index (Phi) is 7.82. The summed E-state index contributed by atoms with van der Waals surface area (Å²) in [5, 5.41) is 5.53. The zero-order chi connectivity index (χ0) is 35.4. The molecule has 0 fully saturated rings. The van der Waals surface area contributed by atoms with Gasteiger partial charge in [0.05, 0.1) is 0 Å². The second kappa shape index (κ2) is 12.4. The molecule has 250 valence electrons. The topological polar surface area (TPSA) is 63.6 Å². The minimum Gasteiger partial charge on any atom is -0.450 e. The van der Waals surface area contributed by atoms with E-state index in [4.69, 9.17) is 4.74 Å². The van der Waals surface area contributed by atoms with Gasteiger partial charge in [-0.3, -0.25) is 4.55 Å². The minimum absolute atomic E-state index is 0.152. The number of ether oxygens (including phenoxy) is 1. The Balaban J connectivity index is 1.46. The van der Waals surface area contributed by atoms with Crippen LogP contribution >= 0.6 is 0 Å². The molecule has 0 aliphatic carbocycles. The fourth-order valence-corrected chi connectivity index (χ4v) is 7.06. The standard InChI is InChI=1S/C42H24F4O4S/c43-36-38(45)42(51(47,48)49)39(46)37(44)41(36)50-40-34(31-17-14-25-8-2-5-11-28(25)20-31)22-33(30-16-13-24-7-1-4-10-27(24)19-30)23-35(40)32-18-15-26-9-3-6-12-29(26)21-32/h1-23H,(H,47,48,49). The van der Waals surface area contributed by atoms with E-state index < -0.39 is 44.0 Å². The van der Waals surface area contributed by atoms with Crippen molar-refractivity contribution in [1.82, 2.24) is 0 Å². The third kappa shape index (κ3) is 5.76. The van der Waals surface area contributed by atoms with Crippen LogP contribution in [-0.4, -0.2) is 13.0 Å². The highest BCUT2D eigenvalue weighted by atomic mass is 32.2. The van der Waals surface area contributed by atoms with E-state index in [9.17, 15) is 13.0 Å². The van der Waals surface area contributed by atoms with Crippen molar-refractivity contribution in [1.29, 1.82) is 0 Å². The number of fused-ring (bicyclic) bond motifs is 3. The van der Waals surface area contributed by atoms with Crippen LogP contribution in [0.5, 0.6) is 11.5 Å². The molecule has 0 unspecified atom stereocenters. The smallest absolute Gasteiger partial charge is 0.300 e. The summed E-state index contributed by atoms with van der Waals surface area (Å²) in [5.74, 6) is -10.6. The number of halogens is 4. The Morgan fingerprint density at radius 2 is 0.784 bits per heavy atom. The van der Waals surface area contributed by atoms with Crippen LogP contribution < -0.4 is 4.74 Å². The summed E-state index contributed by atoms with van der Waals surface area (Å²) in [5.41, 5.74) is 3.30. The summed E-state index contributed by atoms with van der Waals surface area (Å²) in [4.78, 5) is -2.15. The lowest BCUT2D eigenvalue weighted by atomic mass is 9.90. The second-order valence-corrected chi connectivity index (χ2v) is 13.4. The molecule has 0 amide bonds. The van der Waals surface area contributed by atoms with Crippen LogP contribution in [-0.2, 0) is 10.1 Å². The van der Waals surface area contributed by atoms with Crippen molar-refractivity contribution in [2.75, 3.05) is 0 Å². The maximum absolute atomic E-state index is 15.6. The molecule has 8 aromatic carbocycles. The van der Waals surface area contributed by atoms with E-state index >= 15 is 17.6 Å². The fraction of sp³-hybridized carbons (Fsp3) is 0. The van der Waals surface area contributed by atoms with Crippen LogP contribution in [0.15, 0.2) is 144 Å². The van der Waals surface area contributed by atoms with Gasteiger partial charge in [-0.05, 0) is 84.9 Å². The highest BCUT2D eigenvalue weighted by Crippen LogP contribution is 2.47. The first kappa shape index (κ1) is 32.2. The molecule has 9 heteroatoms. The van der Waals surface area contributed by atoms with Gasteiger partial charge in [-0.2, -0.15) is 17.2 Å². The van der Waals surface area contributed by atoms with Crippen molar-refractivity contribution >= 4 is 42.4 Å². The third-order valence-electron chi connectivity index (χ3n) is 8.94. The van der Waals surface area contributed by atoms with E-state index in [1.165, 1.54) is 0 Å². The van der Waals surface area contributed by atoms with Crippen LogP contribution in [0.25, 0.3) is 65.7 Å². The van der Waals surface area contributed by atoms with Crippen molar-refractivity contribution in [3.8, 4) is 44.9 Å². The molecule has 0 aliphatic heterocycles. The van der Waals surface area contributed by atoms with Gasteiger partial charge in [0.15, 0.2) is 16.5 Å². The van der Waals surface area contributed by atoms with Gasteiger partial charge in [0.2, 0.25) is 17.4 Å². The Bertz CT molecular complexity index is 2690. The Morgan fingerprint density at radius 1 is 0.412 bits per heavy atom. The highest BCUT2D eigenvalue weighted by Gasteiger charge is 2.34. The molecule has 0 aromatic heterocycles. The molecule has 0 spiro atoms. The van der Waals surface area contributed by atoms with Crippen LogP contribution in [0, 0.1) is 23.3 Å². The third-order valence-corrected chi connectivity index (χ3v) is 9.81. The van der Waals surface area contributed by atoms with Gasteiger partial charge in [0, 0.05) is 11.1 Å². The van der Waals surface area contributed by atoms with Gasteiger partial charge in [0.25, 0.3) is 0 Å². The maximum Gasteiger partial charge on any atom is 0.300 e. The van der Waals surface area contributed by atoms with Crippen LogP contribution in [0.4, 0.5) is 17.6 Å². The quantitative estimate of drug-likeness (QED) is 0.107. The summed E-state index contributed by atoms with van der Waals surface area (Å²) in [6, 6.07) is 43.5. The average molecular weight is 701 g/mol. The molecular weight excluding hydrogens is 677 g/mol. The van der Waals surface area contributed by atoms with E-state index in [2.05, 4.69) is 0 Å². The largest absolute Gasteiger partial charge is 0.450 e.